The quantitative estimate of drug-likeness (QED) is 0.798. The van der Waals surface area contributed by atoms with Crippen LogP contribution in [0.25, 0.3) is 0 Å². The van der Waals surface area contributed by atoms with Gasteiger partial charge in [-0.1, -0.05) is 37.3 Å². The minimum Gasteiger partial charge on any atom is -0.393 e. The summed E-state index contributed by atoms with van der Waals surface area (Å²) in [6.07, 6.45) is 3.08. The smallest absolute Gasteiger partial charge is 0.315 e. The minimum absolute atomic E-state index is 0.0709. The first-order valence-electron chi connectivity index (χ1n) is 7.86. The average Bonchev–Trinajstić information content (AvgIpc) is 2.49. The van der Waals surface area contributed by atoms with Crippen molar-refractivity contribution >= 4 is 6.03 Å². The Morgan fingerprint density at radius 1 is 1.14 bits per heavy atom. The van der Waals surface area contributed by atoms with E-state index in [4.69, 9.17) is 0 Å². The van der Waals surface area contributed by atoms with Crippen LogP contribution in [-0.4, -0.2) is 29.3 Å². The molecule has 0 spiro atoms. The maximum absolute atomic E-state index is 12.1. The maximum atomic E-state index is 12.1. The molecule has 2 atom stereocenters. The fraction of sp³-hybridized carbons (Fsp3) is 0.588. The van der Waals surface area contributed by atoms with Gasteiger partial charge in [0.05, 0.1) is 6.10 Å². The number of urea groups is 1. The van der Waals surface area contributed by atoms with E-state index < -0.39 is 0 Å². The summed E-state index contributed by atoms with van der Waals surface area (Å²) < 4.78 is 0. The molecule has 2 amide bonds. The molecule has 1 aromatic rings. The molecule has 2 rings (SSSR count). The number of aliphatic hydroxyl groups is 1. The lowest BCUT2D eigenvalue weighted by atomic mass is 9.93. The monoisotopic (exact) mass is 290 g/mol. The fourth-order valence-electron chi connectivity index (χ4n) is 2.82. The molecule has 0 radical (unpaired) electrons. The molecule has 2 unspecified atom stereocenters. The highest BCUT2D eigenvalue weighted by molar-refractivity contribution is 5.74. The van der Waals surface area contributed by atoms with Crippen LogP contribution < -0.4 is 10.6 Å². The van der Waals surface area contributed by atoms with Gasteiger partial charge in [-0.2, -0.15) is 0 Å². The zero-order valence-corrected chi connectivity index (χ0v) is 12.9. The van der Waals surface area contributed by atoms with Gasteiger partial charge in [-0.3, -0.25) is 0 Å². The molecule has 3 N–H and O–H groups in total. The molecule has 1 aliphatic carbocycles. The van der Waals surface area contributed by atoms with Crippen molar-refractivity contribution in [3.8, 4) is 0 Å². The van der Waals surface area contributed by atoms with Gasteiger partial charge in [-0.25, -0.2) is 4.79 Å². The van der Waals surface area contributed by atoms with E-state index >= 15 is 0 Å². The zero-order valence-electron chi connectivity index (χ0n) is 12.9. The number of rotatable bonds is 4. The van der Waals surface area contributed by atoms with Gasteiger partial charge >= 0.3 is 6.03 Å². The van der Waals surface area contributed by atoms with Crippen molar-refractivity contribution < 1.29 is 9.90 Å². The zero-order chi connectivity index (χ0) is 15.2. The van der Waals surface area contributed by atoms with Crippen LogP contribution in [0.2, 0.25) is 0 Å². The van der Waals surface area contributed by atoms with E-state index in [0.29, 0.717) is 0 Å². The van der Waals surface area contributed by atoms with E-state index in [0.717, 1.165) is 25.7 Å². The number of nitrogens with one attached hydrogen (secondary N) is 2. The lowest BCUT2D eigenvalue weighted by Crippen LogP contribution is -2.48. The van der Waals surface area contributed by atoms with Crippen LogP contribution in [-0.2, 0) is 0 Å². The van der Waals surface area contributed by atoms with Crippen LogP contribution in [0.5, 0.6) is 0 Å². The van der Waals surface area contributed by atoms with Crippen molar-refractivity contribution in [1.82, 2.24) is 10.6 Å². The third kappa shape index (κ3) is 4.74. The average molecular weight is 290 g/mol. The molecule has 1 saturated carbocycles. The van der Waals surface area contributed by atoms with Crippen LogP contribution in [0, 0.1) is 0 Å². The Hall–Kier alpha value is -1.55. The number of carbonyl (C=O) groups is 1. The summed E-state index contributed by atoms with van der Waals surface area (Å²) in [5.74, 6) is 0.269. The Labute approximate surface area is 126 Å². The molecule has 0 saturated heterocycles. The van der Waals surface area contributed by atoms with E-state index in [-0.39, 0.29) is 30.1 Å². The molecule has 0 bridgehead atoms. The first-order chi connectivity index (χ1) is 10.1. The van der Waals surface area contributed by atoms with Crippen molar-refractivity contribution in [3.63, 3.8) is 0 Å². The van der Waals surface area contributed by atoms with Gasteiger partial charge in [-0.05, 0) is 38.2 Å². The summed E-state index contributed by atoms with van der Waals surface area (Å²) in [6.45, 7) is 4.15. The standard InChI is InChI=1S/C17H26N2O2/c1-12(14-6-4-3-5-7-14)13(2)18-17(21)19-15-8-10-16(20)11-9-15/h3-7,12-13,15-16,20H,8-11H2,1-2H3,(H2,18,19,21). The van der Waals surface area contributed by atoms with Gasteiger partial charge in [0.2, 0.25) is 0 Å². The topological polar surface area (TPSA) is 61.4 Å². The Morgan fingerprint density at radius 3 is 2.38 bits per heavy atom. The van der Waals surface area contributed by atoms with Gasteiger partial charge in [-0.15, -0.1) is 0 Å². The van der Waals surface area contributed by atoms with E-state index in [1.807, 2.05) is 25.1 Å². The van der Waals surface area contributed by atoms with Crippen LogP contribution in [0.15, 0.2) is 30.3 Å². The second-order valence-electron chi connectivity index (χ2n) is 6.11. The van der Waals surface area contributed by atoms with Gasteiger partial charge in [0, 0.05) is 18.0 Å². The highest BCUT2D eigenvalue weighted by Gasteiger charge is 2.22. The number of hydrogen-bond acceptors (Lipinski definition) is 2. The first kappa shape index (κ1) is 15.8. The summed E-state index contributed by atoms with van der Waals surface area (Å²) in [5.41, 5.74) is 1.23. The summed E-state index contributed by atoms with van der Waals surface area (Å²) in [5, 5.41) is 15.5. The normalized spacial score (nSPS) is 24.9. The van der Waals surface area contributed by atoms with Crippen LogP contribution >= 0.6 is 0 Å². The molecule has 21 heavy (non-hydrogen) atoms. The number of benzene rings is 1. The van der Waals surface area contributed by atoms with Crippen molar-refractivity contribution in [2.24, 2.45) is 0 Å². The predicted octanol–water partition coefficient (Wildman–Crippen LogP) is 2.78. The fourth-order valence-corrected chi connectivity index (χ4v) is 2.82. The highest BCUT2D eigenvalue weighted by Crippen LogP contribution is 2.20. The molecule has 4 nitrogen and oxygen atoms in total. The van der Waals surface area contributed by atoms with Crippen LogP contribution in [0.1, 0.15) is 51.0 Å². The SMILES string of the molecule is CC(NC(=O)NC1CCC(O)CC1)C(C)c1ccccc1. The van der Waals surface area contributed by atoms with Crippen molar-refractivity contribution in [3.05, 3.63) is 35.9 Å². The molecule has 0 aromatic heterocycles. The second-order valence-corrected chi connectivity index (χ2v) is 6.11. The lowest BCUT2D eigenvalue weighted by Gasteiger charge is -2.28. The molecule has 0 heterocycles. The Morgan fingerprint density at radius 2 is 1.76 bits per heavy atom. The number of amides is 2. The Balaban J connectivity index is 1.79. The van der Waals surface area contributed by atoms with Gasteiger partial charge in [0.15, 0.2) is 0 Å². The third-order valence-electron chi connectivity index (χ3n) is 4.47. The predicted molar refractivity (Wildman–Crippen MR) is 84.2 cm³/mol. The third-order valence-corrected chi connectivity index (χ3v) is 4.47. The van der Waals surface area contributed by atoms with E-state index in [1.54, 1.807) is 0 Å². The Bertz CT molecular complexity index is 441. The van der Waals surface area contributed by atoms with Crippen molar-refractivity contribution in [2.75, 3.05) is 0 Å². The molecular weight excluding hydrogens is 264 g/mol. The largest absolute Gasteiger partial charge is 0.393 e. The second kappa shape index (κ2) is 7.46. The van der Waals surface area contributed by atoms with Gasteiger partial charge < -0.3 is 15.7 Å². The summed E-state index contributed by atoms with van der Waals surface area (Å²) in [4.78, 5) is 12.1. The highest BCUT2D eigenvalue weighted by atomic mass is 16.3. The molecule has 4 heteroatoms. The molecule has 116 valence electrons. The molecule has 1 aliphatic rings. The minimum atomic E-state index is -0.192. The Kier molecular flexibility index (Phi) is 5.62. The van der Waals surface area contributed by atoms with E-state index in [1.165, 1.54) is 5.56 Å². The maximum Gasteiger partial charge on any atom is 0.315 e. The molecule has 1 aromatic carbocycles. The van der Waals surface area contributed by atoms with Gasteiger partial charge in [0.25, 0.3) is 0 Å². The van der Waals surface area contributed by atoms with Crippen molar-refractivity contribution in [2.45, 2.75) is 63.6 Å². The van der Waals surface area contributed by atoms with E-state index in [2.05, 4.69) is 29.7 Å². The first-order valence-corrected chi connectivity index (χ1v) is 7.86. The lowest BCUT2D eigenvalue weighted by molar-refractivity contribution is 0.117. The summed E-state index contributed by atoms with van der Waals surface area (Å²) in [7, 11) is 0. The molecule has 1 fully saturated rings. The molecule has 0 aliphatic heterocycles. The summed E-state index contributed by atoms with van der Waals surface area (Å²) in [6, 6.07) is 10.4. The number of hydrogen-bond donors (Lipinski definition) is 3. The van der Waals surface area contributed by atoms with Gasteiger partial charge in [0.1, 0.15) is 0 Å². The van der Waals surface area contributed by atoms with Crippen molar-refractivity contribution in [1.29, 1.82) is 0 Å². The summed E-state index contributed by atoms with van der Waals surface area (Å²) >= 11 is 0. The van der Waals surface area contributed by atoms with E-state index in [9.17, 15) is 9.90 Å². The number of carbonyl (C=O) groups excluding carboxylic acids is 1. The van der Waals surface area contributed by atoms with Crippen LogP contribution in [0.3, 0.4) is 0 Å². The number of aliphatic hydroxyl groups excluding tert-OH is 1. The molecular formula is C17H26N2O2. The van der Waals surface area contributed by atoms with Crippen LogP contribution in [0.4, 0.5) is 4.79 Å².